The molecular weight excluding hydrogens is 248 g/mol. The second kappa shape index (κ2) is 6.12. The SMILES string of the molecule is O=C(Cc1ccc2[nH]ccc2c1)NC1CCCCCC1. The number of aromatic amines is 1. The summed E-state index contributed by atoms with van der Waals surface area (Å²) in [6.07, 6.45) is 9.83. The van der Waals surface area contributed by atoms with E-state index in [-0.39, 0.29) is 5.91 Å². The van der Waals surface area contributed by atoms with E-state index in [9.17, 15) is 4.79 Å². The summed E-state index contributed by atoms with van der Waals surface area (Å²) in [4.78, 5) is 15.3. The zero-order valence-electron chi connectivity index (χ0n) is 11.8. The molecule has 0 saturated heterocycles. The Kier molecular flexibility index (Phi) is 4.05. The second-order valence-electron chi connectivity index (χ2n) is 5.83. The van der Waals surface area contributed by atoms with Crippen LogP contribution in [0.3, 0.4) is 0 Å². The average molecular weight is 270 g/mol. The lowest BCUT2D eigenvalue weighted by molar-refractivity contribution is -0.121. The number of carbonyl (C=O) groups is 1. The van der Waals surface area contributed by atoms with E-state index in [1.165, 1.54) is 31.1 Å². The number of nitrogens with one attached hydrogen (secondary N) is 2. The summed E-state index contributed by atoms with van der Waals surface area (Å²) in [5.74, 6) is 0.159. The summed E-state index contributed by atoms with van der Waals surface area (Å²) >= 11 is 0. The van der Waals surface area contributed by atoms with E-state index < -0.39 is 0 Å². The predicted molar refractivity (Wildman–Crippen MR) is 81.6 cm³/mol. The van der Waals surface area contributed by atoms with Gasteiger partial charge in [0.25, 0.3) is 0 Å². The first-order valence-electron chi connectivity index (χ1n) is 7.67. The molecule has 106 valence electrons. The van der Waals surface area contributed by atoms with Crippen molar-refractivity contribution in [3.05, 3.63) is 36.0 Å². The van der Waals surface area contributed by atoms with Crippen molar-refractivity contribution in [2.75, 3.05) is 0 Å². The van der Waals surface area contributed by atoms with Crippen LogP contribution < -0.4 is 5.32 Å². The van der Waals surface area contributed by atoms with Gasteiger partial charge >= 0.3 is 0 Å². The highest BCUT2D eigenvalue weighted by molar-refractivity contribution is 5.83. The zero-order valence-corrected chi connectivity index (χ0v) is 11.8. The van der Waals surface area contributed by atoms with Crippen LogP contribution in [0.5, 0.6) is 0 Å². The second-order valence-corrected chi connectivity index (χ2v) is 5.83. The molecule has 3 nitrogen and oxygen atoms in total. The molecule has 3 heteroatoms. The van der Waals surface area contributed by atoms with Crippen molar-refractivity contribution < 1.29 is 4.79 Å². The van der Waals surface area contributed by atoms with Gasteiger partial charge in [-0.15, -0.1) is 0 Å². The number of fused-ring (bicyclic) bond motifs is 1. The molecular formula is C17H22N2O. The van der Waals surface area contributed by atoms with Gasteiger partial charge in [-0.2, -0.15) is 0 Å². The number of hydrogen-bond acceptors (Lipinski definition) is 1. The summed E-state index contributed by atoms with van der Waals surface area (Å²) in [6, 6.07) is 8.61. The quantitative estimate of drug-likeness (QED) is 0.823. The van der Waals surface area contributed by atoms with Gasteiger partial charge in [-0.3, -0.25) is 4.79 Å². The van der Waals surface area contributed by atoms with Crippen LogP contribution in [0.4, 0.5) is 0 Å². The van der Waals surface area contributed by atoms with Crippen molar-refractivity contribution in [2.24, 2.45) is 0 Å². The third-order valence-corrected chi connectivity index (χ3v) is 4.20. The van der Waals surface area contributed by atoms with E-state index in [2.05, 4.69) is 16.4 Å². The molecule has 1 saturated carbocycles. The fourth-order valence-electron chi connectivity index (χ4n) is 3.10. The smallest absolute Gasteiger partial charge is 0.224 e. The molecule has 1 aromatic carbocycles. The van der Waals surface area contributed by atoms with Gasteiger partial charge < -0.3 is 10.3 Å². The molecule has 0 unspecified atom stereocenters. The van der Waals surface area contributed by atoms with Crippen molar-refractivity contribution in [3.8, 4) is 0 Å². The first-order valence-corrected chi connectivity index (χ1v) is 7.67. The van der Waals surface area contributed by atoms with Crippen LogP contribution in [0.15, 0.2) is 30.5 Å². The summed E-state index contributed by atoms with van der Waals surface area (Å²) < 4.78 is 0. The Labute approximate surface area is 119 Å². The van der Waals surface area contributed by atoms with E-state index in [4.69, 9.17) is 0 Å². The standard InChI is InChI=1S/C17H22N2O/c20-17(19-15-5-3-1-2-4-6-15)12-13-7-8-16-14(11-13)9-10-18-16/h7-11,15,18H,1-6,12H2,(H,19,20). The minimum absolute atomic E-state index is 0.159. The Bertz CT molecular complexity index is 579. The van der Waals surface area contributed by atoms with Gasteiger partial charge in [0.1, 0.15) is 0 Å². The maximum atomic E-state index is 12.1. The number of aromatic nitrogens is 1. The molecule has 1 fully saturated rings. The molecule has 3 rings (SSSR count). The molecule has 0 spiro atoms. The Morgan fingerprint density at radius 2 is 1.95 bits per heavy atom. The van der Waals surface area contributed by atoms with Crippen molar-refractivity contribution in [1.29, 1.82) is 0 Å². The Morgan fingerprint density at radius 1 is 1.15 bits per heavy atom. The van der Waals surface area contributed by atoms with Gasteiger partial charge in [-0.1, -0.05) is 31.7 Å². The van der Waals surface area contributed by atoms with Crippen LogP contribution in [0.25, 0.3) is 10.9 Å². The molecule has 1 aliphatic rings. The Morgan fingerprint density at radius 3 is 2.75 bits per heavy atom. The van der Waals surface area contributed by atoms with Crippen molar-refractivity contribution in [1.82, 2.24) is 10.3 Å². The predicted octanol–water partition coefficient (Wildman–Crippen LogP) is 3.55. The molecule has 1 aliphatic carbocycles. The fourth-order valence-corrected chi connectivity index (χ4v) is 3.10. The third kappa shape index (κ3) is 3.21. The molecule has 0 radical (unpaired) electrons. The van der Waals surface area contributed by atoms with Crippen LogP contribution in [0.2, 0.25) is 0 Å². The Balaban J connectivity index is 1.59. The molecule has 2 aromatic rings. The minimum atomic E-state index is 0.159. The lowest BCUT2D eigenvalue weighted by Gasteiger charge is -2.16. The molecule has 1 amide bonds. The zero-order chi connectivity index (χ0) is 13.8. The van der Waals surface area contributed by atoms with E-state index in [0.717, 1.165) is 23.9 Å². The number of amides is 1. The van der Waals surface area contributed by atoms with Crippen LogP contribution in [0, 0.1) is 0 Å². The lowest BCUT2D eigenvalue weighted by Crippen LogP contribution is -2.35. The molecule has 2 N–H and O–H groups in total. The summed E-state index contributed by atoms with van der Waals surface area (Å²) in [7, 11) is 0. The number of carbonyl (C=O) groups excluding carboxylic acids is 1. The molecule has 0 bridgehead atoms. The van der Waals surface area contributed by atoms with Crippen LogP contribution in [-0.4, -0.2) is 16.9 Å². The van der Waals surface area contributed by atoms with Gasteiger partial charge in [0.15, 0.2) is 0 Å². The topological polar surface area (TPSA) is 44.9 Å². The van der Waals surface area contributed by atoms with E-state index in [1.54, 1.807) is 0 Å². The van der Waals surface area contributed by atoms with E-state index in [1.807, 2.05) is 24.4 Å². The maximum Gasteiger partial charge on any atom is 0.224 e. The fraction of sp³-hybridized carbons (Fsp3) is 0.471. The number of hydrogen-bond donors (Lipinski definition) is 2. The van der Waals surface area contributed by atoms with Crippen molar-refractivity contribution in [3.63, 3.8) is 0 Å². The third-order valence-electron chi connectivity index (χ3n) is 4.20. The first kappa shape index (κ1) is 13.2. The Hall–Kier alpha value is -1.77. The monoisotopic (exact) mass is 270 g/mol. The lowest BCUT2D eigenvalue weighted by atomic mass is 10.1. The van der Waals surface area contributed by atoms with Gasteiger partial charge in [0.05, 0.1) is 6.42 Å². The van der Waals surface area contributed by atoms with Crippen molar-refractivity contribution >= 4 is 16.8 Å². The largest absolute Gasteiger partial charge is 0.361 e. The number of H-pyrrole nitrogens is 1. The molecule has 1 aromatic heterocycles. The normalized spacial score (nSPS) is 17.0. The first-order chi connectivity index (χ1) is 9.81. The van der Waals surface area contributed by atoms with Gasteiger partial charge in [-0.25, -0.2) is 0 Å². The summed E-state index contributed by atoms with van der Waals surface area (Å²) in [5, 5.41) is 4.37. The highest BCUT2D eigenvalue weighted by atomic mass is 16.1. The van der Waals surface area contributed by atoms with Crippen LogP contribution in [0.1, 0.15) is 44.1 Å². The average Bonchev–Trinajstić information content (AvgIpc) is 2.75. The maximum absolute atomic E-state index is 12.1. The summed E-state index contributed by atoms with van der Waals surface area (Å²) in [6.45, 7) is 0. The van der Waals surface area contributed by atoms with E-state index in [0.29, 0.717) is 12.5 Å². The number of benzene rings is 1. The van der Waals surface area contributed by atoms with Crippen LogP contribution in [-0.2, 0) is 11.2 Å². The molecule has 20 heavy (non-hydrogen) atoms. The highest BCUT2D eigenvalue weighted by Gasteiger charge is 2.14. The van der Waals surface area contributed by atoms with Gasteiger partial charge in [-0.05, 0) is 42.0 Å². The van der Waals surface area contributed by atoms with Gasteiger partial charge in [0.2, 0.25) is 5.91 Å². The number of rotatable bonds is 3. The summed E-state index contributed by atoms with van der Waals surface area (Å²) in [5.41, 5.74) is 2.21. The van der Waals surface area contributed by atoms with Crippen LogP contribution >= 0.6 is 0 Å². The molecule has 1 heterocycles. The highest BCUT2D eigenvalue weighted by Crippen LogP contribution is 2.18. The van der Waals surface area contributed by atoms with Gasteiger partial charge in [0, 0.05) is 17.8 Å². The van der Waals surface area contributed by atoms with Crippen molar-refractivity contribution in [2.45, 2.75) is 51.0 Å². The molecule has 0 atom stereocenters. The van der Waals surface area contributed by atoms with E-state index >= 15 is 0 Å². The molecule has 0 aliphatic heterocycles. The minimum Gasteiger partial charge on any atom is -0.361 e.